The molecule has 0 saturated carbocycles. The minimum atomic E-state index is -0.710. The number of carbonyl (C=O) groups is 1. The third-order valence-electron chi connectivity index (χ3n) is 3.03. The van der Waals surface area contributed by atoms with E-state index in [1.54, 1.807) is 18.2 Å². The third-order valence-corrected chi connectivity index (χ3v) is 3.47. The average molecular weight is 367 g/mol. The van der Waals surface area contributed by atoms with Crippen LogP contribution in [-0.2, 0) is 0 Å². The monoisotopic (exact) mass is 366 g/mol. The number of rotatable bonds is 4. The lowest BCUT2D eigenvalue weighted by Crippen LogP contribution is -2.22. The van der Waals surface area contributed by atoms with Gasteiger partial charge in [0.1, 0.15) is 5.84 Å². The number of nitrogens with two attached hydrogens (primary N) is 3. The van der Waals surface area contributed by atoms with E-state index >= 15 is 0 Å². The van der Waals surface area contributed by atoms with E-state index in [1.165, 1.54) is 18.2 Å². The Hall–Kier alpha value is -2.32. The maximum absolute atomic E-state index is 12.1. The predicted molar refractivity (Wildman–Crippen MR) is 97.7 cm³/mol. The highest BCUT2D eigenvalue weighted by molar-refractivity contribution is 6.31. The molecule has 126 valence electrons. The number of halogens is 2. The molecule has 0 unspecified atom stereocenters. The standard InChI is InChI=1S/C15H16Cl2N6O/c16-9-1-7(13(18)19)3-11(5-9)22-15(24)23-12-4-8(14(20)21)2-10(17)6-12/h1-6,13H,18-19H2,(H3,20,21)(H2,22,23,24). The van der Waals surface area contributed by atoms with Crippen molar-refractivity contribution in [2.45, 2.75) is 6.17 Å². The molecule has 0 atom stereocenters. The summed E-state index contributed by atoms with van der Waals surface area (Å²) in [4.78, 5) is 12.1. The number of amidine groups is 1. The average Bonchev–Trinajstić information content (AvgIpc) is 2.45. The van der Waals surface area contributed by atoms with E-state index in [0.29, 0.717) is 32.5 Å². The number of hydrogen-bond donors (Lipinski definition) is 6. The highest BCUT2D eigenvalue weighted by Gasteiger charge is 2.09. The molecule has 9 N–H and O–H groups in total. The number of carbonyl (C=O) groups excluding carboxylic acids is 1. The van der Waals surface area contributed by atoms with Crippen molar-refractivity contribution in [2.75, 3.05) is 10.6 Å². The van der Waals surface area contributed by atoms with Crippen LogP contribution < -0.4 is 27.8 Å². The summed E-state index contributed by atoms with van der Waals surface area (Å²) in [6.07, 6.45) is -0.710. The van der Waals surface area contributed by atoms with Crippen molar-refractivity contribution in [3.8, 4) is 0 Å². The van der Waals surface area contributed by atoms with Gasteiger partial charge in [0.2, 0.25) is 0 Å². The number of nitrogen functional groups attached to an aromatic ring is 1. The van der Waals surface area contributed by atoms with Crippen LogP contribution in [0.15, 0.2) is 36.4 Å². The minimum Gasteiger partial charge on any atom is -0.384 e. The van der Waals surface area contributed by atoms with E-state index < -0.39 is 12.2 Å². The van der Waals surface area contributed by atoms with Gasteiger partial charge in [-0.3, -0.25) is 5.41 Å². The van der Waals surface area contributed by atoms with Gasteiger partial charge >= 0.3 is 6.03 Å². The summed E-state index contributed by atoms with van der Waals surface area (Å²) >= 11 is 11.9. The van der Waals surface area contributed by atoms with Crippen LogP contribution in [0.4, 0.5) is 16.2 Å². The number of amides is 2. The first-order valence-electron chi connectivity index (χ1n) is 6.79. The van der Waals surface area contributed by atoms with E-state index in [9.17, 15) is 4.79 Å². The molecule has 9 heteroatoms. The van der Waals surface area contributed by atoms with Gasteiger partial charge in [-0.2, -0.15) is 0 Å². The molecule has 2 amide bonds. The van der Waals surface area contributed by atoms with Crippen LogP contribution in [0.1, 0.15) is 17.3 Å². The van der Waals surface area contributed by atoms with Gasteiger partial charge in [0, 0.05) is 27.0 Å². The van der Waals surface area contributed by atoms with Crippen molar-refractivity contribution in [3.05, 3.63) is 57.6 Å². The first kappa shape index (κ1) is 18.0. The lowest BCUT2D eigenvalue weighted by atomic mass is 10.1. The number of benzene rings is 2. The van der Waals surface area contributed by atoms with Crippen molar-refractivity contribution < 1.29 is 4.79 Å². The number of urea groups is 1. The fourth-order valence-corrected chi connectivity index (χ4v) is 2.47. The molecule has 0 bridgehead atoms. The number of anilines is 2. The maximum Gasteiger partial charge on any atom is 0.323 e. The molecule has 0 radical (unpaired) electrons. The zero-order valence-electron chi connectivity index (χ0n) is 12.4. The number of hydrogen-bond acceptors (Lipinski definition) is 4. The normalized spacial score (nSPS) is 10.5. The summed E-state index contributed by atoms with van der Waals surface area (Å²) in [7, 11) is 0. The van der Waals surface area contributed by atoms with Gasteiger partial charge < -0.3 is 27.8 Å². The molecule has 2 aromatic rings. The molecule has 0 aromatic heterocycles. The largest absolute Gasteiger partial charge is 0.384 e. The van der Waals surface area contributed by atoms with Crippen molar-refractivity contribution >= 4 is 46.4 Å². The van der Waals surface area contributed by atoms with Gasteiger partial charge in [-0.25, -0.2) is 4.79 Å². The van der Waals surface area contributed by atoms with Gasteiger partial charge in [-0.1, -0.05) is 23.2 Å². The second kappa shape index (κ2) is 7.50. The Morgan fingerprint density at radius 1 is 0.958 bits per heavy atom. The van der Waals surface area contributed by atoms with Crippen LogP contribution in [0.3, 0.4) is 0 Å². The smallest absolute Gasteiger partial charge is 0.323 e. The van der Waals surface area contributed by atoms with Gasteiger partial charge in [-0.05, 0) is 42.0 Å². The van der Waals surface area contributed by atoms with Crippen LogP contribution in [0.2, 0.25) is 10.0 Å². The van der Waals surface area contributed by atoms with Crippen LogP contribution >= 0.6 is 23.2 Å². The molecule has 24 heavy (non-hydrogen) atoms. The molecule has 0 spiro atoms. The van der Waals surface area contributed by atoms with Crippen LogP contribution in [0, 0.1) is 5.41 Å². The second-order valence-corrected chi connectivity index (χ2v) is 5.89. The fourth-order valence-electron chi connectivity index (χ4n) is 1.99. The molecule has 0 aliphatic carbocycles. The first-order chi connectivity index (χ1) is 11.2. The predicted octanol–water partition coefficient (Wildman–Crippen LogP) is 2.84. The molecule has 2 aromatic carbocycles. The van der Waals surface area contributed by atoms with E-state index in [-0.39, 0.29) is 5.84 Å². The summed E-state index contributed by atoms with van der Waals surface area (Å²) in [5.41, 5.74) is 18.5. The Kier molecular flexibility index (Phi) is 5.63. The van der Waals surface area contributed by atoms with Crippen molar-refractivity contribution in [2.24, 2.45) is 17.2 Å². The molecule has 0 saturated heterocycles. The number of nitrogens with one attached hydrogen (secondary N) is 3. The Labute approximate surface area is 148 Å². The topological polar surface area (TPSA) is 143 Å². The Balaban J connectivity index is 2.15. The molecular weight excluding hydrogens is 351 g/mol. The maximum atomic E-state index is 12.1. The van der Waals surface area contributed by atoms with Crippen molar-refractivity contribution in [3.63, 3.8) is 0 Å². The molecule has 0 aliphatic rings. The molecule has 0 fully saturated rings. The van der Waals surface area contributed by atoms with Gasteiger partial charge in [0.25, 0.3) is 0 Å². The summed E-state index contributed by atoms with van der Waals surface area (Å²) in [5.74, 6) is -0.155. The molecule has 0 heterocycles. The fraction of sp³-hybridized carbons (Fsp3) is 0.0667. The summed E-state index contributed by atoms with van der Waals surface area (Å²) in [6.45, 7) is 0. The van der Waals surface area contributed by atoms with E-state index in [2.05, 4.69) is 10.6 Å². The van der Waals surface area contributed by atoms with Crippen LogP contribution in [0.25, 0.3) is 0 Å². The van der Waals surface area contributed by atoms with Crippen LogP contribution in [0.5, 0.6) is 0 Å². The Morgan fingerprint density at radius 3 is 2.04 bits per heavy atom. The zero-order chi connectivity index (χ0) is 17.9. The quantitative estimate of drug-likeness (QED) is 0.280. The second-order valence-electron chi connectivity index (χ2n) is 5.02. The Bertz CT molecular complexity index is 794. The molecule has 2 rings (SSSR count). The minimum absolute atomic E-state index is 0.155. The summed E-state index contributed by atoms with van der Waals surface area (Å²) in [5, 5.41) is 13.4. The lowest BCUT2D eigenvalue weighted by Gasteiger charge is -2.12. The van der Waals surface area contributed by atoms with E-state index in [4.69, 9.17) is 45.8 Å². The molecular formula is C15H16Cl2N6O. The van der Waals surface area contributed by atoms with Gasteiger partial charge in [0.05, 0.1) is 6.17 Å². The lowest BCUT2D eigenvalue weighted by molar-refractivity contribution is 0.262. The zero-order valence-corrected chi connectivity index (χ0v) is 13.9. The van der Waals surface area contributed by atoms with Gasteiger partial charge in [-0.15, -0.1) is 0 Å². The summed E-state index contributed by atoms with van der Waals surface area (Å²) in [6, 6.07) is 8.87. The van der Waals surface area contributed by atoms with Crippen molar-refractivity contribution in [1.82, 2.24) is 0 Å². The highest BCUT2D eigenvalue weighted by atomic mass is 35.5. The molecule has 7 nitrogen and oxygen atoms in total. The van der Waals surface area contributed by atoms with E-state index in [0.717, 1.165) is 0 Å². The van der Waals surface area contributed by atoms with Crippen molar-refractivity contribution in [1.29, 1.82) is 5.41 Å². The first-order valence-corrected chi connectivity index (χ1v) is 7.55. The van der Waals surface area contributed by atoms with E-state index in [1.807, 2.05) is 0 Å². The summed E-state index contributed by atoms with van der Waals surface area (Å²) < 4.78 is 0. The Morgan fingerprint density at radius 2 is 1.50 bits per heavy atom. The van der Waals surface area contributed by atoms with Crippen LogP contribution in [-0.4, -0.2) is 11.9 Å². The van der Waals surface area contributed by atoms with Gasteiger partial charge in [0.15, 0.2) is 0 Å². The third kappa shape index (κ3) is 4.84. The SMILES string of the molecule is N=C(N)c1cc(Cl)cc(NC(=O)Nc2cc(Cl)cc(C(N)N)c2)c1. The molecule has 0 aliphatic heterocycles. The highest BCUT2D eigenvalue weighted by Crippen LogP contribution is 2.22.